The van der Waals surface area contributed by atoms with Gasteiger partial charge in [0.15, 0.2) is 0 Å². The number of hydrogen-bond acceptors (Lipinski definition) is 6. The van der Waals surface area contributed by atoms with E-state index in [1.807, 2.05) is 57.2 Å². The zero-order valence-electron chi connectivity index (χ0n) is 33.3. The summed E-state index contributed by atoms with van der Waals surface area (Å²) < 4.78 is 54.8. The highest BCUT2D eigenvalue weighted by Crippen LogP contribution is 2.39. The molecule has 0 bridgehead atoms. The number of amides is 4. The SMILES string of the molecule is Cc1cc(-c2cnc(C3CC[C@H](C)N3C(=O)C(=O)N3CCC(F)(F)CC3)[nH]2)ccc1-c1ccc(-c2cnc([C@@H]3CC[C@H](C)N3C(=O)C(=O)N3CCC(F)(F)CC3)[nH]2)cc1. The Morgan fingerprint density at radius 2 is 1.00 bits per heavy atom. The molecule has 4 aliphatic rings. The van der Waals surface area contributed by atoms with Crippen molar-refractivity contribution in [2.24, 2.45) is 0 Å². The Balaban J connectivity index is 0.923. The van der Waals surface area contributed by atoms with E-state index in [1.165, 1.54) is 14.7 Å². The van der Waals surface area contributed by atoms with Gasteiger partial charge in [-0.05, 0) is 80.3 Å². The lowest BCUT2D eigenvalue weighted by Gasteiger charge is -2.34. The molecule has 4 saturated heterocycles. The van der Waals surface area contributed by atoms with Crippen LogP contribution in [0.5, 0.6) is 0 Å². The smallest absolute Gasteiger partial charge is 0.312 e. The van der Waals surface area contributed by atoms with Crippen LogP contribution in [0.2, 0.25) is 0 Å². The van der Waals surface area contributed by atoms with Crippen LogP contribution in [-0.4, -0.2) is 113 Å². The first-order chi connectivity index (χ1) is 28.1. The Morgan fingerprint density at radius 3 is 1.44 bits per heavy atom. The fourth-order valence-corrected chi connectivity index (χ4v) is 9.04. The van der Waals surface area contributed by atoms with Crippen molar-refractivity contribution in [2.75, 3.05) is 26.2 Å². The number of aryl methyl sites for hydroxylation is 1. The quantitative estimate of drug-likeness (QED) is 0.164. The summed E-state index contributed by atoms with van der Waals surface area (Å²) in [5.41, 5.74) is 6.33. The van der Waals surface area contributed by atoms with E-state index in [4.69, 9.17) is 0 Å². The first-order valence-electron chi connectivity index (χ1n) is 20.4. The molecule has 312 valence electrons. The number of aromatic nitrogens is 4. The number of H-pyrrole nitrogens is 2. The van der Waals surface area contributed by atoms with Gasteiger partial charge < -0.3 is 29.6 Å². The molecule has 16 heteroatoms. The maximum absolute atomic E-state index is 13.7. The summed E-state index contributed by atoms with van der Waals surface area (Å²) in [4.78, 5) is 74.5. The van der Waals surface area contributed by atoms with Gasteiger partial charge in [-0.3, -0.25) is 19.2 Å². The van der Waals surface area contributed by atoms with Gasteiger partial charge in [0.1, 0.15) is 11.6 Å². The second-order valence-electron chi connectivity index (χ2n) is 16.6. The molecule has 4 aromatic rings. The topological polar surface area (TPSA) is 139 Å². The van der Waals surface area contributed by atoms with Gasteiger partial charge in [0.2, 0.25) is 0 Å². The van der Waals surface area contributed by atoms with E-state index in [9.17, 15) is 36.7 Å². The zero-order valence-corrected chi connectivity index (χ0v) is 33.3. The summed E-state index contributed by atoms with van der Waals surface area (Å²) in [6.07, 6.45) is 4.23. The van der Waals surface area contributed by atoms with E-state index in [0.29, 0.717) is 37.3 Å². The first kappa shape index (κ1) is 40.2. The van der Waals surface area contributed by atoms with E-state index >= 15 is 0 Å². The molecule has 0 radical (unpaired) electrons. The number of nitrogens with one attached hydrogen (secondary N) is 2. The number of rotatable bonds is 5. The van der Waals surface area contributed by atoms with Crippen molar-refractivity contribution in [3.63, 3.8) is 0 Å². The average Bonchev–Trinajstić information content (AvgIpc) is 4.04. The molecule has 2 N–H and O–H groups in total. The number of halogens is 4. The monoisotopic (exact) mass is 816 g/mol. The van der Waals surface area contributed by atoms with Crippen LogP contribution in [-0.2, 0) is 19.2 Å². The number of carbonyl (C=O) groups is 4. The third kappa shape index (κ3) is 7.97. The summed E-state index contributed by atoms with van der Waals surface area (Å²) in [5, 5.41) is 0. The van der Waals surface area contributed by atoms with Crippen molar-refractivity contribution in [3.8, 4) is 33.6 Å². The van der Waals surface area contributed by atoms with Crippen molar-refractivity contribution in [1.29, 1.82) is 0 Å². The van der Waals surface area contributed by atoms with Crippen molar-refractivity contribution in [2.45, 2.75) is 108 Å². The fourth-order valence-electron chi connectivity index (χ4n) is 9.04. The lowest BCUT2D eigenvalue weighted by Crippen LogP contribution is -2.51. The maximum Gasteiger partial charge on any atom is 0.312 e. The molecule has 4 atom stereocenters. The molecule has 4 amide bonds. The predicted octanol–water partition coefficient (Wildman–Crippen LogP) is 7.06. The number of carbonyl (C=O) groups excluding carboxylic acids is 4. The number of alkyl halides is 4. The Morgan fingerprint density at radius 1 is 0.593 bits per heavy atom. The number of hydrogen-bond donors (Lipinski definition) is 2. The maximum atomic E-state index is 13.7. The Hall–Kier alpha value is -5.54. The van der Waals surface area contributed by atoms with E-state index < -0.39 is 73.2 Å². The number of nitrogens with zero attached hydrogens (tertiary/aromatic N) is 6. The van der Waals surface area contributed by atoms with Crippen molar-refractivity contribution in [3.05, 3.63) is 72.1 Å². The Labute approximate surface area is 339 Å². The highest BCUT2D eigenvalue weighted by molar-refractivity contribution is 6.35. The molecule has 12 nitrogen and oxygen atoms in total. The van der Waals surface area contributed by atoms with Crippen LogP contribution < -0.4 is 0 Å². The van der Waals surface area contributed by atoms with Gasteiger partial charge in [-0.15, -0.1) is 0 Å². The molecule has 1 unspecified atom stereocenters. The molecule has 0 aliphatic carbocycles. The van der Waals surface area contributed by atoms with Crippen LogP contribution in [0.4, 0.5) is 17.6 Å². The highest BCUT2D eigenvalue weighted by atomic mass is 19.3. The molecule has 8 rings (SSSR count). The number of likely N-dealkylation sites (tertiary alicyclic amines) is 4. The molecule has 6 heterocycles. The van der Waals surface area contributed by atoms with Crippen molar-refractivity contribution < 1.29 is 36.7 Å². The van der Waals surface area contributed by atoms with Crippen LogP contribution in [0.15, 0.2) is 54.9 Å². The average molecular weight is 817 g/mol. The normalized spacial score (nSPS) is 24.1. The molecule has 2 aromatic heterocycles. The van der Waals surface area contributed by atoms with Crippen molar-refractivity contribution >= 4 is 23.6 Å². The second kappa shape index (κ2) is 15.6. The molecule has 0 spiro atoms. The number of imidazole rings is 2. The van der Waals surface area contributed by atoms with Crippen molar-refractivity contribution in [1.82, 2.24) is 39.5 Å². The Kier molecular flexibility index (Phi) is 10.6. The predicted molar refractivity (Wildman–Crippen MR) is 210 cm³/mol. The minimum atomic E-state index is -2.82. The highest BCUT2D eigenvalue weighted by Gasteiger charge is 2.45. The summed E-state index contributed by atoms with van der Waals surface area (Å²) in [5.74, 6) is -7.38. The molecular weight excluding hydrogens is 769 g/mol. The fraction of sp³-hybridized carbons (Fsp3) is 0.488. The van der Waals surface area contributed by atoms with Gasteiger partial charge in [-0.2, -0.15) is 0 Å². The zero-order chi connectivity index (χ0) is 41.8. The van der Waals surface area contributed by atoms with Gasteiger partial charge >= 0.3 is 23.6 Å². The van der Waals surface area contributed by atoms with Crippen LogP contribution in [0.3, 0.4) is 0 Å². The standard InChI is InChI=1S/C43H48F4N8O4/c1-25-22-30(33-24-49-37(51-33)35-13-5-27(3)55(35)41(59)39(57)53-20-16-43(46,47)17-21-53)10-11-31(25)28-6-8-29(9-7-28)32-23-48-36(50-32)34-12-4-26(2)54(34)40(58)38(56)52-18-14-42(44,45)15-19-52/h6-11,22-24,26-27,34-35H,4-5,12-21H2,1-3H3,(H,48,50)(H,49,51)/t26-,27-,34-,35?/m0/s1. The molecule has 4 aliphatic heterocycles. The number of piperidine rings is 2. The third-order valence-electron chi connectivity index (χ3n) is 12.6. The van der Waals surface area contributed by atoms with Gasteiger partial charge in [0, 0.05) is 63.9 Å². The number of benzene rings is 2. The summed E-state index contributed by atoms with van der Waals surface area (Å²) >= 11 is 0. The molecular formula is C43H48F4N8O4. The van der Waals surface area contributed by atoms with E-state index in [-0.39, 0.29) is 38.3 Å². The minimum absolute atomic E-state index is 0.147. The van der Waals surface area contributed by atoms with Crippen LogP contribution in [0.25, 0.3) is 33.6 Å². The molecule has 0 saturated carbocycles. The van der Waals surface area contributed by atoms with E-state index in [1.54, 1.807) is 17.3 Å². The lowest BCUT2D eigenvalue weighted by atomic mass is 9.96. The first-order valence-corrected chi connectivity index (χ1v) is 20.4. The summed E-state index contributed by atoms with van der Waals surface area (Å²) in [7, 11) is 0. The molecule has 2 aromatic carbocycles. The molecule has 4 fully saturated rings. The number of aromatic amines is 2. The largest absolute Gasteiger partial charge is 0.340 e. The van der Waals surface area contributed by atoms with Crippen LogP contribution >= 0.6 is 0 Å². The second-order valence-corrected chi connectivity index (χ2v) is 16.6. The van der Waals surface area contributed by atoms with Gasteiger partial charge in [-0.25, -0.2) is 27.5 Å². The minimum Gasteiger partial charge on any atom is -0.340 e. The van der Waals surface area contributed by atoms with Gasteiger partial charge in [0.05, 0.1) is 35.9 Å². The lowest BCUT2D eigenvalue weighted by molar-refractivity contribution is -0.156. The van der Waals surface area contributed by atoms with E-state index in [2.05, 4.69) is 26.0 Å². The third-order valence-corrected chi connectivity index (χ3v) is 12.6. The van der Waals surface area contributed by atoms with Crippen LogP contribution in [0.1, 0.15) is 94.5 Å². The summed E-state index contributed by atoms with van der Waals surface area (Å²) in [6, 6.07) is 12.8. The molecule has 59 heavy (non-hydrogen) atoms. The van der Waals surface area contributed by atoms with Crippen LogP contribution in [0, 0.1) is 6.92 Å². The Bertz CT molecular complexity index is 2240. The van der Waals surface area contributed by atoms with Gasteiger partial charge in [0.25, 0.3) is 11.8 Å². The van der Waals surface area contributed by atoms with Gasteiger partial charge in [-0.1, -0.05) is 36.4 Å². The summed E-state index contributed by atoms with van der Waals surface area (Å²) in [6.45, 7) is 5.20. The van der Waals surface area contributed by atoms with E-state index in [0.717, 1.165) is 39.2 Å².